The van der Waals surface area contributed by atoms with Crippen LogP contribution in [0.1, 0.15) is 24.2 Å². The quantitative estimate of drug-likeness (QED) is 0.495. The third kappa shape index (κ3) is 3.61. The van der Waals surface area contributed by atoms with Crippen molar-refractivity contribution in [2.24, 2.45) is 5.92 Å². The number of benzene rings is 2. The van der Waals surface area contributed by atoms with E-state index in [4.69, 9.17) is 25.2 Å². The zero-order valence-electron chi connectivity index (χ0n) is 18.0. The largest absolute Gasteiger partial charge is 0.493 e. The highest BCUT2D eigenvalue weighted by molar-refractivity contribution is 6.11. The number of amides is 1. The van der Waals surface area contributed by atoms with Crippen molar-refractivity contribution in [1.29, 1.82) is 0 Å². The summed E-state index contributed by atoms with van der Waals surface area (Å²) in [4.78, 5) is 22.6. The monoisotopic (exact) mass is 419 g/mol. The van der Waals surface area contributed by atoms with Crippen molar-refractivity contribution in [3.8, 4) is 17.2 Å². The standard InChI is InChI=1S/C23H25N5O3/c1-13(2)12-25-23(29)19-20-22(27-16-8-6-5-7-15(16)26-20)28(21(19)24)14-9-10-17(30-3)18(11-14)31-4/h5-11,13H,12,24H2,1-4H3,(H,25,29). The Labute approximate surface area is 180 Å². The van der Waals surface area contributed by atoms with E-state index in [1.165, 1.54) is 0 Å². The number of para-hydroxylation sites is 2. The minimum atomic E-state index is -0.278. The normalized spacial score (nSPS) is 11.3. The smallest absolute Gasteiger partial charge is 0.257 e. The van der Waals surface area contributed by atoms with Gasteiger partial charge in [-0.2, -0.15) is 0 Å². The highest BCUT2D eigenvalue weighted by Crippen LogP contribution is 2.35. The molecule has 4 rings (SSSR count). The highest BCUT2D eigenvalue weighted by atomic mass is 16.5. The number of rotatable bonds is 6. The van der Waals surface area contributed by atoms with E-state index < -0.39 is 0 Å². The van der Waals surface area contributed by atoms with Gasteiger partial charge in [0.15, 0.2) is 17.1 Å². The molecule has 2 aromatic heterocycles. The molecule has 0 radical (unpaired) electrons. The van der Waals surface area contributed by atoms with Crippen LogP contribution >= 0.6 is 0 Å². The van der Waals surface area contributed by atoms with Gasteiger partial charge in [0.25, 0.3) is 5.91 Å². The number of nitrogens with two attached hydrogens (primary N) is 1. The molecule has 0 aliphatic heterocycles. The van der Waals surface area contributed by atoms with E-state index in [1.54, 1.807) is 30.9 Å². The molecule has 0 bridgehead atoms. The summed E-state index contributed by atoms with van der Waals surface area (Å²) in [6.45, 7) is 4.59. The highest BCUT2D eigenvalue weighted by Gasteiger charge is 2.25. The van der Waals surface area contributed by atoms with Gasteiger partial charge in [0.1, 0.15) is 16.9 Å². The average Bonchev–Trinajstić information content (AvgIpc) is 3.06. The van der Waals surface area contributed by atoms with Crippen LogP contribution in [0.3, 0.4) is 0 Å². The molecule has 0 saturated carbocycles. The van der Waals surface area contributed by atoms with Gasteiger partial charge in [-0.25, -0.2) is 9.97 Å². The third-order valence-electron chi connectivity index (χ3n) is 5.02. The first-order chi connectivity index (χ1) is 14.9. The second kappa shape index (κ2) is 8.14. The molecular weight excluding hydrogens is 394 g/mol. The zero-order chi connectivity index (χ0) is 22.1. The van der Waals surface area contributed by atoms with Gasteiger partial charge in [0.05, 0.1) is 30.9 Å². The first-order valence-electron chi connectivity index (χ1n) is 10.0. The Hall–Kier alpha value is -3.81. The lowest BCUT2D eigenvalue weighted by Gasteiger charge is -2.12. The van der Waals surface area contributed by atoms with Gasteiger partial charge in [-0.1, -0.05) is 26.0 Å². The fourth-order valence-electron chi connectivity index (χ4n) is 3.50. The van der Waals surface area contributed by atoms with Crippen LogP contribution in [0.15, 0.2) is 42.5 Å². The van der Waals surface area contributed by atoms with Gasteiger partial charge in [-0.05, 0) is 30.2 Å². The number of hydrogen-bond acceptors (Lipinski definition) is 6. The number of aromatic nitrogens is 3. The van der Waals surface area contributed by atoms with Crippen LogP contribution in [0.5, 0.6) is 11.5 Å². The maximum Gasteiger partial charge on any atom is 0.257 e. The fraction of sp³-hybridized carbons (Fsp3) is 0.261. The summed E-state index contributed by atoms with van der Waals surface area (Å²) in [5.74, 6) is 1.42. The summed E-state index contributed by atoms with van der Waals surface area (Å²) in [6.07, 6.45) is 0. The topological polar surface area (TPSA) is 104 Å². The number of anilines is 1. The van der Waals surface area contributed by atoms with Crippen molar-refractivity contribution in [3.05, 3.63) is 48.0 Å². The number of hydrogen-bond donors (Lipinski definition) is 2. The minimum Gasteiger partial charge on any atom is -0.493 e. The summed E-state index contributed by atoms with van der Waals surface area (Å²) >= 11 is 0. The van der Waals surface area contributed by atoms with Crippen LogP contribution < -0.4 is 20.5 Å². The fourth-order valence-corrected chi connectivity index (χ4v) is 3.50. The maximum atomic E-state index is 13.1. The number of ether oxygens (including phenoxy) is 2. The number of carbonyl (C=O) groups is 1. The SMILES string of the molecule is COc1ccc(-n2c(N)c(C(=O)NCC(C)C)c3nc4ccccc4nc32)cc1OC. The second-order valence-electron chi connectivity index (χ2n) is 7.62. The van der Waals surface area contributed by atoms with Crippen molar-refractivity contribution >= 4 is 33.9 Å². The zero-order valence-corrected chi connectivity index (χ0v) is 18.0. The predicted octanol–water partition coefficient (Wildman–Crippen LogP) is 3.56. The minimum absolute atomic E-state index is 0.263. The lowest BCUT2D eigenvalue weighted by atomic mass is 10.2. The van der Waals surface area contributed by atoms with Crippen LogP contribution in [-0.2, 0) is 0 Å². The number of nitrogens with one attached hydrogen (secondary N) is 1. The second-order valence-corrected chi connectivity index (χ2v) is 7.62. The van der Waals surface area contributed by atoms with E-state index in [2.05, 4.69) is 5.32 Å². The van der Waals surface area contributed by atoms with Crippen LogP contribution in [0.2, 0.25) is 0 Å². The van der Waals surface area contributed by atoms with E-state index in [9.17, 15) is 4.79 Å². The molecule has 3 N–H and O–H groups in total. The maximum absolute atomic E-state index is 13.1. The Morgan fingerprint density at radius 3 is 2.39 bits per heavy atom. The molecule has 0 aliphatic carbocycles. The van der Waals surface area contributed by atoms with Crippen molar-refractivity contribution in [3.63, 3.8) is 0 Å². The van der Waals surface area contributed by atoms with Crippen LogP contribution in [0.25, 0.3) is 27.9 Å². The Morgan fingerprint density at radius 1 is 1.06 bits per heavy atom. The summed E-state index contributed by atoms with van der Waals surface area (Å²) in [5, 5.41) is 2.94. The predicted molar refractivity (Wildman–Crippen MR) is 121 cm³/mol. The van der Waals surface area contributed by atoms with Gasteiger partial charge in [-0.15, -0.1) is 0 Å². The number of nitrogens with zero attached hydrogens (tertiary/aromatic N) is 3. The molecule has 160 valence electrons. The molecule has 2 aromatic carbocycles. The summed E-state index contributed by atoms with van der Waals surface area (Å²) in [6, 6.07) is 12.9. The van der Waals surface area contributed by atoms with E-state index >= 15 is 0 Å². The molecule has 0 unspecified atom stereocenters. The van der Waals surface area contributed by atoms with Gasteiger partial charge < -0.3 is 20.5 Å². The molecule has 0 aliphatic rings. The lowest BCUT2D eigenvalue weighted by Crippen LogP contribution is -2.28. The van der Waals surface area contributed by atoms with E-state index in [0.29, 0.717) is 57.4 Å². The number of fused-ring (bicyclic) bond motifs is 2. The van der Waals surface area contributed by atoms with Crippen molar-refractivity contribution in [2.75, 3.05) is 26.5 Å². The Bertz CT molecular complexity index is 1280. The van der Waals surface area contributed by atoms with Gasteiger partial charge >= 0.3 is 0 Å². The first-order valence-corrected chi connectivity index (χ1v) is 10.0. The number of nitrogen functional groups attached to an aromatic ring is 1. The Balaban J connectivity index is 1.99. The van der Waals surface area contributed by atoms with E-state index in [-0.39, 0.29) is 11.7 Å². The first kappa shape index (κ1) is 20.5. The lowest BCUT2D eigenvalue weighted by molar-refractivity contribution is 0.0951. The molecule has 8 nitrogen and oxygen atoms in total. The van der Waals surface area contributed by atoms with E-state index in [1.807, 2.05) is 44.2 Å². The molecule has 8 heteroatoms. The van der Waals surface area contributed by atoms with Crippen LogP contribution in [-0.4, -0.2) is 41.2 Å². The van der Waals surface area contributed by atoms with Crippen molar-refractivity contribution in [1.82, 2.24) is 19.9 Å². The molecule has 0 spiro atoms. The van der Waals surface area contributed by atoms with Gasteiger partial charge in [-0.3, -0.25) is 9.36 Å². The van der Waals surface area contributed by atoms with Crippen LogP contribution in [0.4, 0.5) is 5.82 Å². The molecule has 0 fully saturated rings. The molecule has 4 aromatic rings. The number of methoxy groups -OCH3 is 2. The molecule has 2 heterocycles. The average molecular weight is 419 g/mol. The van der Waals surface area contributed by atoms with Gasteiger partial charge in [0, 0.05) is 12.6 Å². The summed E-state index contributed by atoms with van der Waals surface area (Å²) < 4.78 is 12.5. The Kier molecular flexibility index (Phi) is 5.37. The van der Waals surface area contributed by atoms with Gasteiger partial charge in [0.2, 0.25) is 0 Å². The summed E-state index contributed by atoms with van der Waals surface area (Å²) in [5.41, 5.74) is 9.88. The van der Waals surface area contributed by atoms with Crippen LogP contribution in [0, 0.1) is 5.92 Å². The van der Waals surface area contributed by atoms with Crippen molar-refractivity contribution < 1.29 is 14.3 Å². The molecular formula is C23H25N5O3. The Morgan fingerprint density at radius 2 is 1.74 bits per heavy atom. The molecule has 0 saturated heterocycles. The van der Waals surface area contributed by atoms with Crippen molar-refractivity contribution in [2.45, 2.75) is 13.8 Å². The molecule has 1 amide bonds. The third-order valence-corrected chi connectivity index (χ3v) is 5.02. The summed E-state index contributed by atoms with van der Waals surface area (Å²) in [7, 11) is 3.14. The number of carbonyl (C=O) groups excluding carboxylic acids is 1. The molecule has 31 heavy (non-hydrogen) atoms. The molecule has 0 atom stereocenters. The van der Waals surface area contributed by atoms with E-state index in [0.717, 1.165) is 0 Å².